The highest BCUT2D eigenvalue weighted by Crippen LogP contribution is 2.27. The second-order valence-corrected chi connectivity index (χ2v) is 8.70. The van der Waals surface area contributed by atoms with Crippen LogP contribution in [0.3, 0.4) is 0 Å². The Morgan fingerprint density at radius 1 is 1.18 bits per heavy atom. The quantitative estimate of drug-likeness (QED) is 0.720. The lowest BCUT2D eigenvalue weighted by molar-refractivity contribution is 0.0704. The van der Waals surface area contributed by atoms with Crippen LogP contribution in [-0.2, 0) is 10.0 Å². The third-order valence-corrected chi connectivity index (χ3v) is 6.49. The van der Waals surface area contributed by atoms with Crippen LogP contribution in [0.2, 0.25) is 0 Å². The van der Waals surface area contributed by atoms with E-state index >= 15 is 0 Å². The number of rotatable bonds is 4. The highest BCUT2D eigenvalue weighted by Gasteiger charge is 2.28. The summed E-state index contributed by atoms with van der Waals surface area (Å²) >= 11 is 0. The molecule has 28 heavy (non-hydrogen) atoms. The van der Waals surface area contributed by atoms with Gasteiger partial charge in [0.05, 0.1) is 4.90 Å². The Labute approximate surface area is 163 Å². The fourth-order valence-electron chi connectivity index (χ4n) is 3.61. The lowest BCUT2D eigenvalue weighted by Gasteiger charge is -2.32. The Morgan fingerprint density at radius 2 is 2.04 bits per heavy atom. The summed E-state index contributed by atoms with van der Waals surface area (Å²) in [5, 5.41) is 8.54. The molecule has 3 heterocycles. The predicted octanol–water partition coefficient (Wildman–Crippen LogP) is 1.66. The van der Waals surface area contributed by atoms with Gasteiger partial charge in [0.1, 0.15) is 5.82 Å². The number of benzene rings is 1. The molecule has 2 aromatic heterocycles. The Balaban J connectivity index is 1.58. The molecule has 1 amide bonds. The number of carbonyl (C=O) groups is 1. The van der Waals surface area contributed by atoms with Crippen molar-refractivity contribution in [1.29, 1.82) is 0 Å². The molecule has 1 fully saturated rings. The number of nitrogens with zero attached hydrogens (tertiary/aromatic N) is 4. The summed E-state index contributed by atoms with van der Waals surface area (Å²) in [6.45, 7) is 1.16. The molecule has 0 spiro atoms. The van der Waals surface area contributed by atoms with Gasteiger partial charge in [0.15, 0.2) is 5.65 Å². The van der Waals surface area contributed by atoms with Gasteiger partial charge in [-0.3, -0.25) is 9.20 Å². The molecule has 1 aliphatic heterocycles. The first-order valence-corrected chi connectivity index (χ1v) is 10.6. The highest BCUT2D eigenvalue weighted by molar-refractivity contribution is 7.89. The number of hydrogen-bond acceptors (Lipinski definition) is 5. The molecule has 1 N–H and O–H groups in total. The molecule has 3 aromatic rings. The molecule has 0 saturated carbocycles. The van der Waals surface area contributed by atoms with Crippen LogP contribution in [0.25, 0.3) is 5.65 Å². The first-order chi connectivity index (χ1) is 13.5. The first-order valence-electron chi connectivity index (χ1n) is 9.12. The van der Waals surface area contributed by atoms with Crippen molar-refractivity contribution in [3.8, 4) is 0 Å². The maximum atomic E-state index is 13.0. The van der Waals surface area contributed by atoms with Gasteiger partial charge in [-0.15, -0.1) is 10.2 Å². The van der Waals surface area contributed by atoms with Crippen LogP contribution in [0.1, 0.15) is 34.9 Å². The zero-order chi connectivity index (χ0) is 19.7. The first kappa shape index (κ1) is 18.6. The number of likely N-dealkylation sites (tertiary alicyclic amines) is 1. The van der Waals surface area contributed by atoms with Crippen molar-refractivity contribution in [2.45, 2.75) is 23.7 Å². The molecule has 0 aliphatic carbocycles. The molecule has 4 rings (SSSR count). The average molecular weight is 399 g/mol. The van der Waals surface area contributed by atoms with Crippen LogP contribution in [0.4, 0.5) is 0 Å². The molecule has 1 aromatic carbocycles. The normalized spacial score (nSPS) is 17.8. The number of amides is 1. The summed E-state index contributed by atoms with van der Waals surface area (Å²) in [7, 11) is -2.25. The Morgan fingerprint density at radius 3 is 2.86 bits per heavy atom. The molecule has 9 heteroatoms. The van der Waals surface area contributed by atoms with E-state index in [0.29, 0.717) is 18.7 Å². The van der Waals surface area contributed by atoms with E-state index in [-0.39, 0.29) is 16.7 Å². The highest BCUT2D eigenvalue weighted by atomic mass is 32.2. The lowest BCUT2D eigenvalue weighted by atomic mass is 9.96. The monoisotopic (exact) mass is 399 g/mol. The fraction of sp³-hybridized carbons (Fsp3) is 0.316. The van der Waals surface area contributed by atoms with Crippen molar-refractivity contribution < 1.29 is 13.2 Å². The molecule has 1 atom stereocenters. The SMILES string of the molecule is CNS(=O)(=O)c1cccc(C(=O)N2CCCC(c3nnc4ccccn34)C2)c1. The van der Waals surface area contributed by atoms with E-state index in [9.17, 15) is 13.2 Å². The molecular formula is C19H21N5O3S. The fourth-order valence-corrected chi connectivity index (χ4v) is 4.38. The van der Waals surface area contributed by atoms with Gasteiger partial charge < -0.3 is 4.90 Å². The summed E-state index contributed by atoms with van der Waals surface area (Å²) < 4.78 is 28.3. The smallest absolute Gasteiger partial charge is 0.253 e. The number of carbonyl (C=O) groups excluding carboxylic acids is 1. The predicted molar refractivity (Wildman–Crippen MR) is 104 cm³/mol. The molecular weight excluding hydrogens is 378 g/mol. The van der Waals surface area contributed by atoms with Crippen LogP contribution in [0.5, 0.6) is 0 Å². The van der Waals surface area contributed by atoms with E-state index in [0.717, 1.165) is 24.3 Å². The standard InChI is InChI=1S/C19H21N5O3S/c1-20-28(26,27)16-8-4-6-14(12-16)19(25)23-10-5-7-15(13-23)18-22-21-17-9-2-3-11-24(17)18/h2-4,6,8-9,11-12,15,20H,5,7,10,13H2,1H3. The second-order valence-electron chi connectivity index (χ2n) is 6.81. The second kappa shape index (κ2) is 7.33. The minimum atomic E-state index is -3.60. The number of pyridine rings is 1. The van der Waals surface area contributed by atoms with Gasteiger partial charge >= 0.3 is 0 Å². The molecule has 1 saturated heterocycles. The number of fused-ring (bicyclic) bond motifs is 1. The van der Waals surface area contributed by atoms with Gasteiger partial charge in [0.2, 0.25) is 10.0 Å². The van der Waals surface area contributed by atoms with Crippen molar-refractivity contribution in [3.05, 3.63) is 60.0 Å². The van der Waals surface area contributed by atoms with Gasteiger partial charge in [0.25, 0.3) is 5.91 Å². The molecule has 8 nitrogen and oxygen atoms in total. The largest absolute Gasteiger partial charge is 0.338 e. The maximum absolute atomic E-state index is 13.0. The average Bonchev–Trinajstić information content (AvgIpc) is 3.17. The van der Waals surface area contributed by atoms with Gasteiger partial charge in [-0.2, -0.15) is 0 Å². The third-order valence-electron chi connectivity index (χ3n) is 5.07. The lowest BCUT2D eigenvalue weighted by Crippen LogP contribution is -2.39. The van der Waals surface area contributed by atoms with Gasteiger partial charge in [-0.05, 0) is 50.2 Å². The zero-order valence-corrected chi connectivity index (χ0v) is 16.3. The minimum Gasteiger partial charge on any atom is -0.338 e. The zero-order valence-electron chi connectivity index (χ0n) is 15.4. The van der Waals surface area contributed by atoms with Crippen molar-refractivity contribution in [3.63, 3.8) is 0 Å². The number of aromatic nitrogens is 3. The summed E-state index contributed by atoms with van der Waals surface area (Å²) in [6, 6.07) is 11.9. The summed E-state index contributed by atoms with van der Waals surface area (Å²) in [5.41, 5.74) is 1.15. The Bertz CT molecular complexity index is 1130. The van der Waals surface area contributed by atoms with E-state index in [4.69, 9.17) is 0 Å². The number of nitrogens with one attached hydrogen (secondary N) is 1. The molecule has 146 valence electrons. The van der Waals surface area contributed by atoms with E-state index < -0.39 is 10.0 Å². The number of hydrogen-bond donors (Lipinski definition) is 1. The van der Waals surface area contributed by atoms with Crippen LogP contribution in [0.15, 0.2) is 53.6 Å². The number of sulfonamides is 1. The minimum absolute atomic E-state index is 0.0814. The van der Waals surface area contributed by atoms with Crippen molar-refractivity contribution in [2.24, 2.45) is 0 Å². The maximum Gasteiger partial charge on any atom is 0.253 e. The molecule has 1 unspecified atom stereocenters. The van der Waals surface area contributed by atoms with E-state index in [2.05, 4.69) is 14.9 Å². The molecule has 0 bridgehead atoms. The summed E-state index contributed by atoms with van der Waals surface area (Å²) in [6.07, 6.45) is 3.71. The van der Waals surface area contributed by atoms with Crippen molar-refractivity contribution in [1.82, 2.24) is 24.2 Å². The van der Waals surface area contributed by atoms with E-state index in [1.165, 1.54) is 19.2 Å². The Hall–Kier alpha value is -2.78. The Kier molecular flexibility index (Phi) is 4.86. The van der Waals surface area contributed by atoms with E-state index in [1.807, 2.05) is 28.8 Å². The van der Waals surface area contributed by atoms with Crippen LogP contribution < -0.4 is 4.72 Å². The molecule has 1 aliphatic rings. The summed E-state index contributed by atoms with van der Waals surface area (Å²) in [4.78, 5) is 14.9. The third kappa shape index (κ3) is 3.38. The van der Waals surface area contributed by atoms with Crippen molar-refractivity contribution >= 4 is 21.6 Å². The van der Waals surface area contributed by atoms with Gasteiger partial charge in [-0.1, -0.05) is 12.1 Å². The van der Waals surface area contributed by atoms with Gasteiger partial charge in [-0.25, -0.2) is 13.1 Å². The van der Waals surface area contributed by atoms with Crippen molar-refractivity contribution in [2.75, 3.05) is 20.1 Å². The van der Waals surface area contributed by atoms with E-state index in [1.54, 1.807) is 17.0 Å². The van der Waals surface area contributed by atoms with Crippen LogP contribution in [0, 0.1) is 0 Å². The summed E-state index contributed by atoms with van der Waals surface area (Å²) in [5.74, 6) is 0.755. The molecule has 0 radical (unpaired) electrons. The van der Waals surface area contributed by atoms with Crippen LogP contribution >= 0.6 is 0 Å². The topological polar surface area (TPSA) is 96.7 Å². The van der Waals surface area contributed by atoms with Crippen LogP contribution in [-0.4, -0.2) is 54.0 Å². The van der Waals surface area contributed by atoms with Gasteiger partial charge in [0, 0.05) is 30.8 Å². The number of piperidine rings is 1.